The fourth-order valence-electron chi connectivity index (χ4n) is 2.12. The normalized spacial score (nSPS) is 18.8. The molecule has 0 aliphatic carbocycles. The number of carboxylic acid groups (broad SMARTS) is 1. The van der Waals surface area contributed by atoms with Crippen molar-refractivity contribution in [2.75, 3.05) is 26.3 Å². The topological polar surface area (TPSA) is 108 Å². The van der Waals surface area contributed by atoms with Crippen LogP contribution in [0, 0.1) is 0 Å². The Morgan fingerprint density at radius 1 is 1.60 bits per heavy atom. The first-order valence-electron chi connectivity index (χ1n) is 6.48. The molecule has 0 spiro atoms. The first-order chi connectivity index (χ1) is 9.66. The molecular formula is C12H18N4O4. The van der Waals surface area contributed by atoms with Crippen LogP contribution < -0.4 is 5.32 Å². The lowest BCUT2D eigenvalue weighted by Crippen LogP contribution is -2.53. The van der Waals surface area contributed by atoms with Gasteiger partial charge in [0.05, 0.1) is 32.0 Å². The van der Waals surface area contributed by atoms with Crippen LogP contribution in [0.3, 0.4) is 0 Å². The second-order valence-electron chi connectivity index (χ2n) is 4.58. The number of nitrogens with one attached hydrogen (secondary N) is 2. The van der Waals surface area contributed by atoms with Gasteiger partial charge in [0.15, 0.2) is 0 Å². The second kappa shape index (κ2) is 6.90. The number of aromatic amines is 1. The lowest BCUT2D eigenvalue weighted by molar-refractivity contribution is -0.139. The van der Waals surface area contributed by atoms with E-state index in [9.17, 15) is 9.59 Å². The van der Waals surface area contributed by atoms with Gasteiger partial charge in [0.1, 0.15) is 0 Å². The number of aliphatic carboxylic acids is 1. The summed E-state index contributed by atoms with van der Waals surface area (Å²) in [5.41, 5.74) is 0.939. The molecule has 2 amide bonds. The predicted molar refractivity (Wildman–Crippen MR) is 69.3 cm³/mol. The molecule has 0 saturated carbocycles. The van der Waals surface area contributed by atoms with Gasteiger partial charge in [-0.3, -0.25) is 4.79 Å². The number of hydrogen-bond donors (Lipinski definition) is 3. The number of ether oxygens (including phenoxy) is 1. The first kappa shape index (κ1) is 14.3. The van der Waals surface area contributed by atoms with Gasteiger partial charge in [-0.1, -0.05) is 0 Å². The van der Waals surface area contributed by atoms with Crippen molar-refractivity contribution in [1.82, 2.24) is 20.2 Å². The predicted octanol–water partition coefficient (Wildman–Crippen LogP) is -0.163. The van der Waals surface area contributed by atoms with Crippen molar-refractivity contribution in [2.24, 2.45) is 0 Å². The molecule has 1 unspecified atom stereocenters. The fraction of sp³-hybridized carbons (Fsp3) is 0.583. The summed E-state index contributed by atoms with van der Waals surface area (Å²) in [5, 5.41) is 11.6. The molecule has 1 atom stereocenters. The number of imidazole rings is 1. The summed E-state index contributed by atoms with van der Waals surface area (Å²) < 4.78 is 5.23. The van der Waals surface area contributed by atoms with Crippen LogP contribution in [0.4, 0.5) is 4.79 Å². The number of carbonyl (C=O) groups is 2. The van der Waals surface area contributed by atoms with Crippen LogP contribution in [0.15, 0.2) is 12.5 Å². The van der Waals surface area contributed by atoms with E-state index in [0.717, 1.165) is 5.69 Å². The number of urea groups is 1. The summed E-state index contributed by atoms with van der Waals surface area (Å²) in [5.74, 6) is -0.934. The highest BCUT2D eigenvalue weighted by Crippen LogP contribution is 2.10. The highest BCUT2D eigenvalue weighted by molar-refractivity contribution is 5.76. The van der Waals surface area contributed by atoms with E-state index < -0.39 is 12.0 Å². The minimum Gasteiger partial charge on any atom is -0.481 e. The average Bonchev–Trinajstić information content (AvgIpc) is 2.91. The summed E-state index contributed by atoms with van der Waals surface area (Å²) in [6, 6.07) is -0.660. The SMILES string of the molecule is O=C(O)CC1COCCN1C(=O)NCCc1cnc[nH]1. The number of H-pyrrole nitrogens is 1. The van der Waals surface area contributed by atoms with Gasteiger partial charge in [-0.25, -0.2) is 9.78 Å². The summed E-state index contributed by atoms with van der Waals surface area (Å²) >= 11 is 0. The third kappa shape index (κ3) is 3.95. The van der Waals surface area contributed by atoms with Crippen molar-refractivity contribution in [3.05, 3.63) is 18.2 Å². The van der Waals surface area contributed by atoms with Crippen LogP contribution in [0.1, 0.15) is 12.1 Å². The standard InChI is InChI=1S/C12H18N4O4/c17-11(18)5-10-7-20-4-3-16(10)12(19)14-2-1-9-6-13-8-15-9/h6,8,10H,1-5,7H2,(H,13,15)(H,14,19)(H,17,18). The quantitative estimate of drug-likeness (QED) is 0.695. The van der Waals surface area contributed by atoms with E-state index in [1.54, 1.807) is 12.5 Å². The van der Waals surface area contributed by atoms with Gasteiger partial charge in [-0.05, 0) is 0 Å². The molecule has 8 nitrogen and oxygen atoms in total. The highest BCUT2D eigenvalue weighted by Gasteiger charge is 2.28. The number of nitrogens with zero attached hydrogens (tertiary/aromatic N) is 2. The van der Waals surface area contributed by atoms with Crippen LogP contribution in [-0.4, -0.2) is 64.3 Å². The molecule has 8 heteroatoms. The average molecular weight is 282 g/mol. The zero-order valence-electron chi connectivity index (χ0n) is 11.0. The number of carboxylic acids is 1. The maximum absolute atomic E-state index is 12.1. The summed E-state index contributed by atoms with van der Waals surface area (Å²) in [6.45, 7) is 1.58. The maximum Gasteiger partial charge on any atom is 0.317 e. The smallest absolute Gasteiger partial charge is 0.317 e. The minimum absolute atomic E-state index is 0.103. The second-order valence-corrected chi connectivity index (χ2v) is 4.58. The van der Waals surface area contributed by atoms with Crippen LogP contribution >= 0.6 is 0 Å². The van der Waals surface area contributed by atoms with Gasteiger partial charge in [0.25, 0.3) is 0 Å². The Morgan fingerprint density at radius 2 is 2.45 bits per heavy atom. The zero-order chi connectivity index (χ0) is 14.4. The largest absolute Gasteiger partial charge is 0.481 e. The van der Waals surface area contributed by atoms with Crippen molar-refractivity contribution in [3.8, 4) is 0 Å². The summed E-state index contributed by atoms with van der Waals surface area (Å²) in [6.07, 6.45) is 3.84. The van der Waals surface area contributed by atoms with Crippen LogP contribution in [0.2, 0.25) is 0 Å². The molecule has 0 aromatic carbocycles. The number of rotatable bonds is 5. The number of amides is 2. The first-order valence-corrected chi connectivity index (χ1v) is 6.48. The van der Waals surface area contributed by atoms with Crippen molar-refractivity contribution in [2.45, 2.75) is 18.9 Å². The van der Waals surface area contributed by atoms with Gasteiger partial charge in [-0.2, -0.15) is 0 Å². The fourth-order valence-corrected chi connectivity index (χ4v) is 2.12. The molecular weight excluding hydrogens is 264 g/mol. The van der Waals surface area contributed by atoms with Crippen molar-refractivity contribution >= 4 is 12.0 Å². The Bertz CT molecular complexity index is 448. The monoisotopic (exact) mass is 282 g/mol. The molecule has 1 aromatic heterocycles. The summed E-state index contributed by atoms with van der Waals surface area (Å²) in [4.78, 5) is 31.2. The van der Waals surface area contributed by atoms with Gasteiger partial charge < -0.3 is 25.0 Å². The van der Waals surface area contributed by atoms with Crippen LogP contribution in [0.5, 0.6) is 0 Å². The maximum atomic E-state index is 12.1. The van der Waals surface area contributed by atoms with Crippen LogP contribution in [0.25, 0.3) is 0 Å². The number of hydrogen-bond acceptors (Lipinski definition) is 4. The van der Waals surface area contributed by atoms with Gasteiger partial charge in [0, 0.05) is 31.4 Å². The Kier molecular flexibility index (Phi) is 4.94. The number of morpholine rings is 1. The number of carbonyl (C=O) groups excluding carboxylic acids is 1. The van der Waals surface area contributed by atoms with Crippen molar-refractivity contribution in [1.29, 1.82) is 0 Å². The van der Waals surface area contributed by atoms with E-state index in [4.69, 9.17) is 9.84 Å². The van der Waals surface area contributed by atoms with E-state index >= 15 is 0 Å². The van der Waals surface area contributed by atoms with E-state index in [2.05, 4.69) is 15.3 Å². The molecule has 1 fully saturated rings. The minimum atomic E-state index is -0.934. The van der Waals surface area contributed by atoms with Gasteiger partial charge in [0.2, 0.25) is 0 Å². The molecule has 1 saturated heterocycles. The molecule has 2 heterocycles. The third-order valence-electron chi connectivity index (χ3n) is 3.12. The van der Waals surface area contributed by atoms with E-state index in [-0.39, 0.29) is 19.1 Å². The zero-order valence-corrected chi connectivity index (χ0v) is 11.0. The Balaban J connectivity index is 1.81. The van der Waals surface area contributed by atoms with E-state index in [1.165, 1.54) is 4.90 Å². The molecule has 20 heavy (non-hydrogen) atoms. The molecule has 1 aliphatic heterocycles. The van der Waals surface area contributed by atoms with E-state index in [0.29, 0.717) is 26.1 Å². The number of aromatic nitrogens is 2. The van der Waals surface area contributed by atoms with E-state index in [1.807, 2.05) is 0 Å². The Labute approximate surface area is 116 Å². The molecule has 2 rings (SSSR count). The highest BCUT2D eigenvalue weighted by atomic mass is 16.5. The van der Waals surface area contributed by atoms with Gasteiger partial charge >= 0.3 is 12.0 Å². The molecule has 0 radical (unpaired) electrons. The molecule has 3 N–H and O–H groups in total. The molecule has 1 aromatic rings. The molecule has 1 aliphatic rings. The van der Waals surface area contributed by atoms with Crippen LogP contribution in [-0.2, 0) is 16.0 Å². The van der Waals surface area contributed by atoms with Crippen molar-refractivity contribution < 1.29 is 19.4 Å². The Morgan fingerprint density at radius 3 is 3.15 bits per heavy atom. The third-order valence-corrected chi connectivity index (χ3v) is 3.12. The lowest BCUT2D eigenvalue weighted by Gasteiger charge is -2.34. The molecule has 0 bridgehead atoms. The van der Waals surface area contributed by atoms with Gasteiger partial charge in [-0.15, -0.1) is 0 Å². The molecule has 110 valence electrons. The Hall–Kier alpha value is -2.09. The summed E-state index contributed by atoms with van der Waals surface area (Å²) in [7, 11) is 0. The lowest BCUT2D eigenvalue weighted by atomic mass is 10.1. The van der Waals surface area contributed by atoms with Crippen molar-refractivity contribution in [3.63, 3.8) is 0 Å².